The van der Waals surface area contributed by atoms with Gasteiger partial charge in [0.15, 0.2) is 0 Å². The molecule has 140 valence electrons. The van der Waals surface area contributed by atoms with E-state index in [1.807, 2.05) is 13.0 Å². The first-order valence-electron chi connectivity index (χ1n) is 9.02. The van der Waals surface area contributed by atoms with Gasteiger partial charge in [-0.15, -0.1) is 0 Å². The van der Waals surface area contributed by atoms with E-state index >= 15 is 0 Å². The number of nitrogens with one attached hydrogen (secondary N) is 1. The third-order valence-electron chi connectivity index (χ3n) is 5.00. The molecule has 6 nitrogen and oxygen atoms in total. The number of nitrogen functional groups attached to an aromatic ring is 1. The van der Waals surface area contributed by atoms with Gasteiger partial charge >= 0.3 is 0 Å². The first-order valence-corrected chi connectivity index (χ1v) is 9.02. The van der Waals surface area contributed by atoms with Crippen LogP contribution in [-0.2, 0) is 0 Å². The van der Waals surface area contributed by atoms with Crippen LogP contribution in [0.1, 0.15) is 30.4 Å². The van der Waals surface area contributed by atoms with Crippen LogP contribution in [0.15, 0.2) is 18.2 Å². The molecular formula is C19H26FN5O. The summed E-state index contributed by atoms with van der Waals surface area (Å²) in [4.78, 5) is 10.6. The minimum atomic E-state index is -0.305. The zero-order valence-corrected chi connectivity index (χ0v) is 15.3. The zero-order chi connectivity index (χ0) is 18.7. The Hall–Kier alpha value is -2.25. The Balaban J connectivity index is 1.67. The molecule has 0 saturated carbocycles. The summed E-state index contributed by atoms with van der Waals surface area (Å²) >= 11 is 0. The van der Waals surface area contributed by atoms with Crippen LogP contribution in [-0.4, -0.2) is 45.8 Å². The third kappa shape index (κ3) is 4.11. The zero-order valence-electron chi connectivity index (χ0n) is 15.3. The van der Waals surface area contributed by atoms with Crippen LogP contribution in [0.2, 0.25) is 0 Å². The molecule has 1 atom stereocenters. The summed E-state index contributed by atoms with van der Waals surface area (Å²) in [6.45, 7) is 6.15. The summed E-state index contributed by atoms with van der Waals surface area (Å²) < 4.78 is 13.7. The van der Waals surface area contributed by atoms with Crippen LogP contribution in [0.3, 0.4) is 0 Å². The second kappa shape index (κ2) is 7.97. The molecule has 1 unspecified atom stereocenters. The number of aliphatic hydroxyl groups is 1. The van der Waals surface area contributed by atoms with E-state index in [1.54, 1.807) is 13.0 Å². The van der Waals surface area contributed by atoms with Crippen molar-refractivity contribution < 1.29 is 9.50 Å². The van der Waals surface area contributed by atoms with E-state index in [4.69, 9.17) is 5.73 Å². The van der Waals surface area contributed by atoms with Crippen molar-refractivity contribution >= 4 is 11.8 Å². The maximum Gasteiger partial charge on any atom is 0.222 e. The minimum absolute atomic E-state index is 0.182. The van der Waals surface area contributed by atoms with E-state index in [2.05, 4.69) is 20.2 Å². The van der Waals surface area contributed by atoms with Crippen LogP contribution in [0.4, 0.5) is 16.2 Å². The maximum atomic E-state index is 13.7. The molecule has 0 amide bonds. The molecule has 3 rings (SSSR count). The highest BCUT2D eigenvalue weighted by Crippen LogP contribution is 2.27. The normalized spacial score (nSPS) is 17.6. The smallest absolute Gasteiger partial charge is 0.222 e. The number of hydrogen-bond donors (Lipinski definition) is 3. The lowest BCUT2D eigenvalue weighted by molar-refractivity contribution is 0.0382. The summed E-state index contributed by atoms with van der Waals surface area (Å²) in [5.74, 6) is 0.605. The van der Waals surface area contributed by atoms with Gasteiger partial charge in [-0.05, 0) is 56.4 Å². The number of hydrogen-bond acceptors (Lipinski definition) is 6. The number of benzene rings is 1. The first-order chi connectivity index (χ1) is 12.5. The molecule has 0 spiro atoms. The fourth-order valence-electron chi connectivity index (χ4n) is 3.33. The second-order valence-corrected chi connectivity index (χ2v) is 6.78. The van der Waals surface area contributed by atoms with Gasteiger partial charge in [-0.3, -0.25) is 4.90 Å². The van der Waals surface area contributed by atoms with E-state index in [-0.39, 0.29) is 18.0 Å². The number of anilines is 2. The van der Waals surface area contributed by atoms with Gasteiger partial charge in [0.05, 0.1) is 5.69 Å². The molecule has 0 aliphatic carbocycles. The van der Waals surface area contributed by atoms with Crippen molar-refractivity contribution in [3.05, 3.63) is 35.1 Å². The SMILES string of the molecule is Cc1c(F)ccc(-c2cc(NCCCN3CCCC3O)nc(N)n2)c1C. The highest BCUT2D eigenvalue weighted by molar-refractivity contribution is 5.68. The molecule has 7 heteroatoms. The quantitative estimate of drug-likeness (QED) is 0.688. The Morgan fingerprint density at radius 1 is 1.31 bits per heavy atom. The van der Waals surface area contributed by atoms with Gasteiger partial charge in [0.2, 0.25) is 5.95 Å². The number of nitrogens with two attached hydrogens (primary N) is 1. The van der Waals surface area contributed by atoms with Crippen LogP contribution in [0.5, 0.6) is 0 Å². The molecule has 1 aromatic carbocycles. The molecule has 1 aromatic heterocycles. The molecule has 26 heavy (non-hydrogen) atoms. The van der Waals surface area contributed by atoms with Crippen LogP contribution < -0.4 is 11.1 Å². The molecule has 4 N–H and O–H groups in total. The van der Waals surface area contributed by atoms with Gasteiger partial charge in [-0.1, -0.05) is 0 Å². The van der Waals surface area contributed by atoms with Crippen LogP contribution >= 0.6 is 0 Å². The van der Waals surface area contributed by atoms with Crippen molar-refractivity contribution in [3.8, 4) is 11.3 Å². The molecule has 1 fully saturated rings. The van der Waals surface area contributed by atoms with Crippen LogP contribution in [0, 0.1) is 19.7 Å². The van der Waals surface area contributed by atoms with Gasteiger partial charge in [0.25, 0.3) is 0 Å². The van der Waals surface area contributed by atoms with Crippen LogP contribution in [0.25, 0.3) is 11.3 Å². The molecule has 1 aliphatic heterocycles. The lowest BCUT2D eigenvalue weighted by atomic mass is 10.0. The Morgan fingerprint density at radius 3 is 2.85 bits per heavy atom. The monoisotopic (exact) mass is 359 g/mol. The molecule has 2 aromatic rings. The summed E-state index contributed by atoms with van der Waals surface area (Å²) in [7, 11) is 0. The lowest BCUT2D eigenvalue weighted by Crippen LogP contribution is -2.30. The molecule has 1 aliphatic rings. The predicted molar refractivity (Wildman–Crippen MR) is 101 cm³/mol. The average molecular weight is 359 g/mol. The topological polar surface area (TPSA) is 87.3 Å². The molecule has 1 saturated heterocycles. The van der Waals surface area contributed by atoms with Gasteiger partial charge in [-0.2, -0.15) is 4.98 Å². The Bertz CT molecular complexity index is 783. The fraction of sp³-hybridized carbons (Fsp3) is 0.474. The van der Waals surface area contributed by atoms with E-state index in [0.29, 0.717) is 17.1 Å². The van der Waals surface area contributed by atoms with Gasteiger partial charge in [0.1, 0.15) is 17.9 Å². The van der Waals surface area contributed by atoms with Gasteiger partial charge in [0, 0.05) is 31.3 Å². The summed E-state index contributed by atoms with van der Waals surface area (Å²) in [5, 5.41) is 13.1. The number of halogens is 1. The van der Waals surface area contributed by atoms with Crippen molar-refractivity contribution in [1.82, 2.24) is 14.9 Å². The fourth-order valence-corrected chi connectivity index (χ4v) is 3.33. The van der Waals surface area contributed by atoms with Crippen molar-refractivity contribution in [2.24, 2.45) is 0 Å². The van der Waals surface area contributed by atoms with Crippen molar-refractivity contribution in [2.45, 2.75) is 39.3 Å². The van der Waals surface area contributed by atoms with Gasteiger partial charge < -0.3 is 16.2 Å². The van der Waals surface area contributed by atoms with E-state index < -0.39 is 0 Å². The Morgan fingerprint density at radius 2 is 2.12 bits per heavy atom. The number of aromatic nitrogens is 2. The second-order valence-electron chi connectivity index (χ2n) is 6.78. The van der Waals surface area contributed by atoms with Crippen molar-refractivity contribution in [1.29, 1.82) is 0 Å². The summed E-state index contributed by atoms with van der Waals surface area (Å²) in [6, 6.07) is 5.00. The summed E-state index contributed by atoms with van der Waals surface area (Å²) in [5.41, 5.74) is 8.84. The largest absolute Gasteiger partial charge is 0.378 e. The lowest BCUT2D eigenvalue weighted by Gasteiger charge is -2.19. The number of aliphatic hydroxyl groups excluding tert-OH is 1. The molecule has 0 radical (unpaired) electrons. The highest BCUT2D eigenvalue weighted by atomic mass is 19.1. The van der Waals surface area contributed by atoms with Gasteiger partial charge in [-0.25, -0.2) is 9.37 Å². The molecule has 0 bridgehead atoms. The predicted octanol–water partition coefficient (Wildman–Crippen LogP) is 2.70. The van der Waals surface area contributed by atoms with Crippen molar-refractivity contribution in [2.75, 3.05) is 30.7 Å². The van der Waals surface area contributed by atoms with Crippen molar-refractivity contribution in [3.63, 3.8) is 0 Å². The standard InChI is InChI=1S/C19H26FN5O/c1-12-13(2)15(20)7-6-14(12)16-11-17(24-19(21)23-16)22-8-4-10-25-9-3-5-18(25)26/h6-7,11,18,26H,3-5,8-10H2,1-2H3,(H3,21,22,23,24). The number of rotatable bonds is 6. The third-order valence-corrected chi connectivity index (χ3v) is 5.00. The Labute approximate surface area is 153 Å². The maximum absolute atomic E-state index is 13.7. The Kier molecular flexibility index (Phi) is 5.68. The highest BCUT2D eigenvalue weighted by Gasteiger charge is 2.20. The number of nitrogens with zero attached hydrogens (tertiary/aromatic N) is 3. The minimum Gasteiger partial charge on any atom is -0.378 e. The first kappa shape index (κ1) is 18.5. The number of likely N-dealkylation sites (tertiary alicyclic amines) is 1. The molecule has 2 heterocycles. The summed E-state index contributed by atoms with van der Waals surface area (Å²) in [6.07, 6.45) is 2.50. The molecular weight excluding hydrogens is 333 g/mol. The van der Waals surface area contributed by atoms with E-state index in [0.717, 1.165) is 50.0 Å². The van der Waals surface area contributed by atoms with E-state index in [9.17, 15) is 9.50 Å². The average Bonchev–Trinajstić information content (AvgIpc) is 3.01. The van der Waals surface area contributed by atoms with E-state index in [1.165, 1.54) is 6.07 Å².